The van der Waals surface area contributed by atoms with Crippen molar-refractivity contribution in [3.8, 4) is 5.75 Å². The van der Waals surface area contributed by atoms with Crippen molar-refractivity contribution in [2.45, 2.75) is 12.5 Å². The Balaban J connectivity index is 2.25. The zero-order chi connectivity index (χ0) is 11.1. The Kier molecular flexibility index (Phi) is 2.56. The summed E-state index contributed by atoms with van der Waals surface area (Å²) >= 11 is 5.43. The summed E-state index contributed by atoms with van der Waals surface area (Å²) in [6.07, 6.45) is 0. The molecular weight excluding hydrogens is 224 g/mol. The second kappa shape index (κ2) is 3.61. The van der Waals surface area contributed by atoms with Crippen molar-refractivity contribution in [2.24, 2.45) is 0 Å². The van der Waals surface area contributed by atoms with Crippen LogP contribution in [-0.4, -0.2) is 18.7 Å². The molecule has 1 aromatic carbocycles. The first-order valence-electron chi connectivity index (χ1n) is 4.55. The molecule has 1 aliphatic rings. The van der Waals surface area contributed by atoms with Crippen LogP contribution in [0.25, 0.3) is 0 Å². The van der Waals surface area contributed by atoms with E-state index in [-0.39, 0.29) is 5.75 Å². The maximum Gasteiger partial charge on any atom is 0.186 e. The fourth-order valence-electron chi connectivity index (χ4n) is 1.40. The van der Waals surface area contributed by atoms with Gasteiger partial charge in [0.05, 0.1) is 0 Å². The van der Waals surface area contributed by atoms with E-state index in [9.17, 15) is 8.78 Å². The van der Waals surface area contributed by atoms with Crippen LogP contribution in [0.3, 0.4) is 0 Å². The van der Waals surface area contributed by atoms with E-state index >= 15 is 0 Å². The zero-order valence-electron chi connectivity index (χ0n) is 8.11. The molecule has 0 unspecified atom stereocenters. The molecule has 0 aliphatic carbocycles. The minimum Gasteiger partial charge on any atom is -0.482 e. The van der Waals surface area contributed by atoms with E-state index in [0.29, 0.717) is 13.1 Å². The molecule has 5 heteroatoms. The van der Waals surface area contributed by atoms with Crippen molar-refractivity contribution in [1.29, 1.82) is 0 Å². The van der Waals surface area contributed by atoms with Gasteiger partial charge in [0.2, 0.25) is 0 Å². The number of hydrogen-bond donors (Lipinski definition) is 1. The average Bonchev–Trinajstić information content (AvgIpc) is 2.17. The molecule has 82 valence electrons. The smallest absolute Gasteiger partial charge is 0.186 e. The Morgan fingerprint density at radius 2 is 2.07 bits per heavy atom. The van der Waals surface area contributed by atoms with Crippen molar-refractivity contribution in [3.63, 3.8) is 0 Å². The third-order valence-corrected chi connectivity index (χ3v) is 2.70. The van der Waals surface area contributed by atoms with Crippen LogP contribution in [0.15, 0.2) is 12.1 Å². The summed E-state index contributed by atoms with van der Waals surface area (Å²) in [5.41, 5.74) is -0.429. The number of nitrogens with one attached hydrogen (secondary N) is 1. The summed E-state index contributed by atoms with van der Waals surface area (Å²) in [6, 6.07) is 2.34. The number of benzene rings is 1. The Morgan fingerprint density at radius 3 is 2.60 bits per heavy atom. The number of hydrogen-bond acceptors (Lipinski definition) is 2. The normalized spacial score (nSPS) is 18.4. The highest BCUT2D eigenvalue weighted by atomic mass is 35.5. The van der Waals surface area contributed by atoms with Gasteiger partial charge in [0.1, 0.15) is 16.4 Å². The summed E-state index contributed by atoms with van der Waals surface area (Å²) in [4.78, 5) is 0. The lowest BCUT2D eigenvalue weighted by atomic mass is 10.00. The van der Waals surface area contributed by atoms with Gasteiger partial charge in [-0.25, -0.2) is 8.78 Å². The van der Waals surface area contributed by atoms with Gasteiger partial charge >= 0.3 is 0 Å². The highest BCUT2D eigenvalue weighted by molar-refractivity contribution is 6.31. The molecule has 0 spiro atoms. The first kappa shape index (κ1) is 10.6. The van der Waals surface area contributed by atoms with Crippen LogP contribution in [0, 0.1) is 11.6 Å². The molecule has 0 bridgehead atoms. The van der Waals surface area contributed by atoms with Crippen LogP contribution in [0.2, 0.25) is 5.02 Å². The van der Waals surface area contributed by atoms with E-state index in [1.165, 1.54) is 6.07 Å². The van der Waals surface area contributed by atoms with Gasteiger partial charge in [0.25, 0.3) is 0 Å². The van der Waals surface area contributed by atoms with Crippen molar-refractivity contribution in [1.82, 2.24) is 5.32 Å². The van der Waals surface area contributed by atoms with Crippen molar-refractivity contribution in [2.75, 3.05) is 13.1 Å². The molecule has 1 fully saturated rings. The molecule has 0 aromatic heterocycles. The first-order chi connectivity index (χ1) is 7.02. The molecular formula is C10H10ClF2NO. The number of ether oxygens (including phenoxy) is 1. The summed E-state index contributed by atoms with van der Waals surface area (Å²) in [5.74, 6) is -1.63. The molecule has 0 saturated carbocycles. The summed E-state index contributed by atoms with van der Waals surface area (Å²) in [6.45, 7) is 3.13. The standard InChI is InChI=1S/C10H10ClF2NO/c1-10(4-14-5-10)15-7-3-2-6(12)8(11)9(7)13/h2-3,14H,4-5H2,1H3. The predicted octanol–water partition coefficient (Wildman–Crippen LogP) is 2.36. The fourth-order valence-corrected chi connectivity index (χ4v) is 1.56. The minimum absolute atomic E-state index is 0.00889. The molecule has 2 rings (SSSR count). The van der Waals surface area contributed by atoms with Gasteiger partial charge in [-0.15, -0.1) is 0 Å². The van der Waals surface area contributed by atoms with Crippen LogP contribution >= 0.6 is 11.6 Å². The third-order valence-electron chi connectivity index (χ3n) is 2.35. The maximum atomic E-state index is 13.4. The van der Waals surface area contributed by atoms with Gasteiger partial charge in [0.15, 0.2) is 11.6 Å². The first-order valence-corrected chi connectivity index (χ1v) is 4.93. The lowest BCUT2D eigenvalue weighted by Crippen LogP contribution is -2.61. The topological polar surface area (TPSA) is 21.3 Å². The van der Waals surface area contributed by atoms with Crippen LogP contribution in [0.5, 0.6) is 5.75 Å². The lowest BCUT2D eigenvalue weighted by molar-refractivity contribution is 0.0311. The van der Waals surface area contributed by atoms with E-state index in [1.54, 1.807) is 0 Å². The summed E-state index contributed by atoms with van der Waals surface area (Å²) < 4.78 is 31.7. The van der Waals surface area contributed by atoms with Gasteiger partial charge in [0, 0.05) is 13.1 Å². The molecule has 2 nitrogen and oxygen atoms in total. The summed E-state index contributed by atoms with van der Waals surface area (Å²) in [5, 5.41) is 2.49. The van der Waals surface area contributed by atoms with E-state index in [0.717, 1.165) is 6.07 Å². The second-order valence-electron chi connectivity index (χ2n) is 3.83. The molecule has 15 heavy (non-hydrogen) atoms. The van der Waals surface area contributed by atoms with Crippen LogP contribution < -0.4 is 10.1 Å². The highest BCUT2D eigenvalue weighted by Crippen LogP contribution is 2.30. The van der Waals surface area contributed by atoms with Crippen LogP contribution in [0.1, 0.15) is 6.92 Å². The monoisotopic (exact) mass is 233 g/mol. The predicted molar refractivity (Wildman–Crippen MR) is 53.3 cm³/mol. The Morgan fingerprint density at radius 1 is 1.40 bits per heavy atom. The summed E-state index contributed by atoms with van der Waals surface area (Å²) in [7, 11) is 0. The Labute approximate surface area is 91.2 Å². The zero-order valence-corrected chi connectivity index (χ0v) is 8.87. The van der Waals surface area contributed by atoms with Crippen LogP contribution in [0.4, 0.5) is 8.78 Å². The molecule has 0 amide bonds. The SMILES string of the molecule is CC1(Oc2ccc(F)c(Cl)c2F)CNC1. The minimum atomic E-state index is -0.843. The van der Waals surface area contributed by atoms with Gasteiger partial charge in [-0.05, 0) is 19.1 Å². The van der Waals surface area contributed by atoms with E-state index in [1.807, 2.05) is 6.92 Å². The quantitative estimate of drug-likeness (QED) is 0.792. The maximum absolute atomic E-state index is 13.4. The molecule has 0 atom stereocenters. The molecule has 1 aliphatic heterocycles. The molecule has 0 radical (unpaired) electrons. The largest absolute Gasteiger partial charge is 0.482 e. The van der Waals surface area contributed by atoms with Crippen molar-refractivity contribution >= 4 is 11.6 Å². The van der Waals surface area contributed by atoms with E-state index < -0.39 is 22.3 Å². The number of rotatable bonds is 2. The molecule has 1 aromatic rings. The van der Waals surface area contributed by atoms with Crippen molar-refractivity contribution < 1.29 is 13.5 Å². The van der Waals surface area contributed by atoms with E-state index in [2.05, 4.69) is 5.32 Å². The molecule has 1 heterocycles. The lowest BCUT2D eigenvalue weighted by Gasteiger charge is -2.39. The van der Waals surface area contributed by atoms with Gasteiger partial charge < -0.3 is 10.1 Å². The average molecular weight is 234 g/mol. The molecule has 1 N–H and O–H groups in total. The van der Waals surface area contributed by atoms with Gasteiger partial charge in [-0.1, -0.05) is 11.6 Å². The Hall–Kier alpha value is -0.870. The van der Waals surface area contributed by atoms with Gasteiger partial charge in [-0.3, -0.25) is 0 Å². The van der Waals surface area contributed by atoms with Crippen molar-refractivity contribution in [3.05, 3.63) is 28.8 Å². The van der Waals surface area contributed by atoms with E-state index in [4.69, 9.17) is 16.3 Å². The highest BCUT2D eigenvalue weighted by Gasteiger charge is 2.34. The molecule has 1 saturated heterocycles. The Bertz CT molecular complexity index is 393. The number of halogens is 3. The van der Waals surface area contributed by atoms with Crippen LogP contribution in [-0.2, 0) is 0 Å². The van der Waals surface area contributed by atoms with Gasteiger partial charge in [-0.2, -0.15) is 0 Å². The fraction of sp³-hybridized carbons (Fsp3) is 0.400. The third kappa shape index (κ3) is 1.92. The second-order valence-corrected chi connectivity index (χ2v) is 4.21.